The fourth-order valence-corrected chi connectivity index (χ4v) is 4.13. The fourth-order valence-electron chi connectivity index (χ4n) is 4.13. The summed E-state index contributed by atoms with van der Waals surface area (Å²) in [4.78, 5) is 28.7. The van der Waals surface area contributed by atoms with E-state index in [9.17, 15) is 14.7 Å². The first-order valence-electron chi connectivity index (χ1n) is 10.3. The van der Waals surface area contributed by atoms with E-state index in [2.05, 4.69) is 4.90 Å². The number of halogens is 1. The number of carboxylic acids is 1. The summed E-state index contributed by atoms with van der Waals surface area (Å²) in [6, 6.07) is 8.96. The van der Waals surface area contributed by atoms with Crippen molar-refractivity contribution >= 4 is 22.6 Å². The number of hydrogen-bond acceptors (Lipinski definition) is 4. The molecule has 1 aromatic heterocycles. The smallest absolute Gasteiger partial charge is 0.341 e. The minimum absolute atomic E-state index is 0.0839. The van der Waals surface area contributed by atoms with Crippen LogP contribution in [0.1, 0.15) is 27.0 Å². The highest BCUT2D eigenvalue weighted by atomic mass is 19.1. The lowest BCUT2D eigenvalue weighted by atomic mass is 10.0. The summed E-state index contributed by atoms with van der Waals surface area (Å²) in [5.74, 6) is -1.82. The predicted octanol–water partition coefficient (Wildman–Crippen LogP) is 3.26. The maximum absolute atomic E-state index is 15.0. The number of carbonyl (C=O) groups is 1. The summed E-state index contributed by atoms with van der Waals surface area (Å²) in [6.45, 7) is 7.40. The van der Waals surface area contributed by atoms with Gasteiger partial charge in [-0.1, -0.05) is 23.8 Å². The number of pyridine rings is 1. The monoisotopic (exact) mass is 423 g/mol. The SMILES string of the molecule is Cc1ccc(C)c(Cn2cc(C(=O)O)c(=O)c3cc(F)c(N4CCN(C)CC4)cc32)c1. The average Bonchev–Trinajstić information content (AvgIpc) is 2.73. The van der Waals surface area contributed by atoms with Crippen molar-refractivity contribution in [2.24, 2.45) is 0 Å². The van der Waals surface area contributed by atoms with Gasteiger partial charge in [0.05, 0.1) is 11.2 Å². The lowest BCUT2D eigenvalue weighted by Gasteiger charge is -2.34. The molecule has 6 nitrogen and oxygen atoms in total. The van der Waals surface area contributed by atoms with Crippen LogP contribution in [-0.2, 0) is 6.54 Å². The van der Waals surface area contributed by atoms with Crippen LogP contribution in [0.15, 0.2) is 41.3 Å². The molecule has 4 rings (SSSR count). The molecule has 1 N–H and O–H groups in total. The molecule has 0 aliphatic carbocycles. The van der Waals surface area contributed by atoms with Crippen molar-refractivity contribution in [1.29, 1.82) is 0 Å². The lowest BCUT2D eigenvalue weighted by Crippen LogP contribution is -2.44. The number of rotatable bonds is 4. The number of likely N-dealkylation sites (N-methyl/N-ethyl adjacent to an activating group) is 1. The summed E-state index contributed by atoms with van der Waals surface area (Å²) in [5, 5.41) is 9.63. The maximum Gasteiger partial charge on any atom is 0.341 e. The molecular weight excluding hydrogens is 397 g/mol. The van der Waals surface area contributed by atoms with Crippen LogP contribution in [0.5, 0.6) is 0 Å². The summed E-state index contributed by atoms with van der Waals surface area (Å²) in [6.07, 6.45) is 1.38. The first kappa shape index (κ1) is 21.1. The third-order valence-corrected chi connectivity index (χ3v) is 6.07. The molecule has 1 aliphatic heterocycles. The van der Waals surface area contributed by atoms with Crippen LogP contribution in [0.2, 0.25) is 0 Å². The average molecular weight is 423 g/mol. The minimum Gasteiger partial charge on any atom is -0.477 e. The van der Waals surface area contributed by atoms with Gasteiger partial charge in [-0.15, -0.1) is 0 Å². The van der Waals surface area contributed by atoms with Gasteiger partial charge >= 0.3 is 5.97 Å². The maximum atomic E-state index is 15.0. The highest BCUT2D eigenvalue weighted by Crippen LogP contribution is 2.27. The molecular formula is C24H26FN3O3. The normalized spacial score (nSPS) is 14.9. The van der Waals surface area contributed by atoms with Crippen LogP contribution in [0.25, 0.3) is 10.9 Å². The topological polar surface area (TPSA) is 65.8 Å². The van der Waals surface area contributed by atoms with E-state index in [-0.39, 0.29) is 10.9 Å². The van der Waals surface area contributed by atoms with Crippen molar-refractivity contribution in [3.63, 3.8) is 0 Å². The van der Waals surface area contributed by atoms with Crippen LogP contribution >= 0.6 is 0 Å². The van der Waals surface area contributed by atoms with Crippen LogP contribution in [0, 0.1) is 19.7 Å². The van der Waals surface area contributed by atoms with E-state index in [0.717, 1.165) is 29.8 Å². The molecule has 3 aromatic rings. The Labute approximate surface area is 180 Å². The van der Waals surface area contributed by atoms with Gasteiger partial charge in [0.1, 0.15) is 11.4 Å². The van der Waals surface area contributed by atoms with Crippen LogP contribution in [0.3, 0.4) is 0 Å². The van der Waals surface area contributed by atoms with Crippen molar-refractivity contribution in [2.45, 2.75) is 20.4 Å². The first-order chi connectivity index (χ1) is 14.7. The third kappa shape index (κ3) is 4.05. The molecule has 0 unspecified atom stereocenters. The Hall–Kier alpha value is -3.19. The second-order valence-corrected chi connectivity index (χ2v) is 8.35. The van der Waals surface area contributed by atoms with Crippen molar-refractivity contribution in [1.82, 2.24) is 9.47 Å². The summed E-state index contributed by atoms with van der Waals surface area (Å²) >= 11 is 0. The summed E-state index contributed by atoms with van der Waals surface area (Å²) in [7, 11) is 2.03. The number of hydrogen-bond donors (Lipinski definition) is 1. The van der Waals surface area contributed by atoms with Gasteiger partial charge < -0.3 is 19.5 Å². The lowest BCUT2D eigenvalue weighted by molar-refractivity contribution is 0.0695. The van der Waals surface area contributed by atoms with Gasteiger partial charge in [-0.05, 0) is 44.2 Å². The minimum atomic E-state index is -1.31. The van der Waals surface area contributed by atoms with Gasteiger partial charge in [0.25, 0.3) is 0 Å². The Morgan fingerprint density at radius 3 is 2.48 bits per heavy atom. The molecule has 0 saturated carbocycles. The molecule has 1 fully saturated rings. The van der Waals surface area contributed by atoms with Crippen LogP contribution < -0.4 is 10.3 Å². The van der Waals surface area contributed by atoms with Gasteiger partial charge in [0.15, 0.2) is 0 Å². The molecule has 7 heteroatoms. The van der Waals surface area contributed by atoms with E-state index in [0.29, 0.717) is 30.8 Å². The van der Waals surface area contributed by atoms with E-state index in [1.54, 1.807) is 10.6 Å². The first-order valence-corrected chi connectivity index (χ1v) is 10.3. The number of piperazine rings is 1. The molecule has 162 valence electrons. The number of benzene rings is 2. The molecule has 0 atom stereocenters. The number of fused-ring (bicyclic) bond motifs is 1. The number of aromatic nitrogens is 1. The number of aryl methyl sites for hydroxylation is 2. The quantitative estimate of drug-likeness (QED) is 0.698. The van der Waals surface area contributed by atoms with E-state index in [1.807, 2.05) is 44.0 Å². The molecule has 0 spiro atoms. The molecule has 0 amide bonds. The summed E-state index contributed by atoms with van der Waals surface area (Å²) < 4.78 is 16.8. The van der Waals surface area contributed by atoms with E-state index >= 15 is 4.39 Å². The largest absolute Gasteiger partial charge is 0.477 e. The van der Waals surface area contributed by atoms with Crippen LogP contribution in [-0.4, -0.2) is 53.8 Å². The standard InChI is InChI=1S/C24H26FN3O3/c1-15-4-5-16(2)17(10-15)13-28-14-19(24(30)31)23(29)18-11-20(25)22(12-21(18)28)27-8-6-26(3)7-9-27/h4-5,10-12,14H,6-9,13H2,1-3H3,(H,30,31). The Kier molecular flexibility index (Phi) is 5.54. The summed E-state index contributed by atoms with van der Waals surface area (Å²) in [5.41, 5.74) is 3.13. The van der Waals surface area contributed by atoms with Gasteiger partial charge in [-0.2, -0.15) is 0 Å². The zero-order valence-electron chi connectivity index (χ0n) is 18.0. The van der Waals surface area contributed by atoms with E-state index < -0.39 is 17.2 Å². The van der Waals surface area contributed by atoms with Crippen molar-refractivity contribution in [3.05, 3.63) is 74.8 Å². The van der Waals surface area contributed by atoms with E-state index in [1.165, 1.54) is 12.3 Å². The van der Waals surface area contributed by atoms with E-state index in [4.69, 9.17) is 0 Å². The second-order valence-electron chi connectivity index (χ2n) is 8.35. The molecule has 1 saturated heterocycles. The Bertz CT molecular complexity index is 1230. The van der Waals surface area contributed by atoms with Gasteiger partial charge in [-0.3, -0.25) is 4.79 Å². The molecule has 2 heterocycles. The van der Waals surface area contributed by atoms with Crippen LogP contribution in [0.4, 0.5) is 10.1 Å². The van der Waals surface area contributed by atoms with Gasteiger partial charge in [0, 0.05) is 44.3 Å². The Balaban J connectivity index is 1.91. The zero-order valence-corrected chi connectivity index (χ0v) is 18.0. The van der Waals surface area contributed by atoms with Crippen molar-refractivity contribution < 1.29 is 14.3 Å². The molecule has 0 radical (unpaired) electrons. The fraction of sp³-hybridized carbons (Fsp3) is 0.333. The van der Waals surface area contributed by atoms with Crippen molar-refractivity contribution in [2.75, 3.05) is 38.1 Å². The highest BCUT2D eigenvalue weighted by molar-refractivity contribution is 5.93. The predicted molar refractivity (Wildman–Crippen MR) is 120 cm³/mol. The molecule has 1 aliphatic rings. The molecule has 2 aromatic carbocycles. The number of anilines is 1. The Morgan fingerprint density at radius 1 is 1.10 bits per heavy atom. The molecule has 31 heavy (non-hydrogen) atoms. The van der Waals surface area contributed by atoms with Gasteiger partial charge in [-0.25, -0.2) is 9.18 Å². The van der Waals surface area contributed by atoms with Gasteiger partial charge in [0.2, 0.25) is 5.43 Å². The second kappa shape index (κ2) is 8.15. The van der Waals surface area contributed by atoms with Crippen molar-refractivity contribution in [3.8, 4) is 0 Å². The number of aromatic carboxylic acids is 1. The zero-order chi connectivity index (χ0) is 22.3. The number of carboxylic acid groups (broad SMARTS) is 1. The Morgan fingerprint density at radius 2 is 1.81 bits per heavy atom. The highest BCUT2D eigenvalue weighted by Gasteiger charge is 2.21. The third-order valence-electron chi connectivity index (χ3n) is 6.07. The molecule has 0 bridgehead atoms. The number of nitrogens with zero attached hydrogens (tertiary/aromatic N) is 3.